The van der Waals surface area contributed by atoms with Crippen molar-refractivity contribution in [2.45, 2.75) is 38.2 Å². The summed E-state index contributed by atoms with van der Waals surface area (Å²) in [6.07, 6.45) is 1.78. The highest BCUT2D eigenvalue weighted by Crippen LogP contribution is 2.00. The lowest BCUT2D eigenvalue weighted by Gasteiger charge is -2.07. The second kappa shape index (κ2) is 5.09. The van der Waals surface area contributed by atoms with E-state index in [0.29, 0.717) is 19.3 Å². The molecule has 0 saturated heterocycles. The molecule has 0 aromatic carbocycles. The first-order chi connectivity index (χ1) is 5.57. The number of hydrogen-bond donors (Lipinski definition) is 3. The van der Waals surface area contributed by atoms with Crippen LogP contribution in [0.15, 0.2) is 0 Å². The van der Waals surface area contributed by atoms with Crippen LogP contribution >= 0.6 is 0 Å². The fourth-order valence-corrected chi connectivity index (χ4v) is 0.723. The third kappa shape index (κ3) is 5.82. The molecule has 0 heterocycles. The normalized spacial score (nSPS) is 17.1. The summed E-state index contributed by atoms with van der Waals surface area (Å²) in [6, 6.07) is -0.936. The van der Waals surface area contributed by atoms with Gasteiger partial charge in [-0.15, -0.1) is 0 Å². The molecule has 1 unspecified atom stereocenters. The maximum Gasteiger partial charge on any atom is 0.320 e. The maximum atomic E-state index is 10.3. The van der Waals surface area contributed by atoms with E-state index in [1.807, 2.05) is 0 Å². The second-order valence-electron chi connectivity index (χ2n) is 2.64. The zero-order valence-corrected chi connectivity index (χ0v) is 6.49. The summed E-state index contributed by atoms with van der Waals surface area (Å²) in [4.78, 5) is 10.3. The van der Waals surface area contributed by atoms with Crippen molar-refractivity contribution >= 4 is 5.97 Å². The summed E-state index contributed by atoms with van der Waals surface area (Å²) in [5.74, 6) is -0.977. The van der Waals surface area contributed by atoms with Crippen molar-refractivity contribution in [2.75, 3.05) is 0 Å². The van der Waals surface area contributed by atoms with E-state index in [9.17, 15) is 4.79 Å². The second-order valence-corrected chi connectivity index (χ2v) is 2.64. The minimum absolute atomic E-state index is 0.147. The molecular weight excluding hydrogens is 144 g/mol. The molecule has 5 N–H and O–H groups in total. The largest absolute Gasteiger partial charge is 0.480 e. The maximum absolute atomic E-state index is 10.3. The topological polar surface area (TPSA) is 89.3 Å². The van der Waals surface area contributed by atoms with Gasteiger partial charge in [0.25, 0.3) is 0 Å². The number of nitrogens with two attached hydrogens (primary N) is 2. The molecule has 0 amide bonds. The fraction of sp³-hybridized carbons (Fsp3) is 0.857. The van der Waals surface area contributed by atoms with Crippen LogP contribution in [0.2, 0.25) is 0 Å². The van der Waals surface area contributed by atoms with Crippen molar-refractivity contribution in [2.24, 2.45) is 11.5 Å². The molecule has 11 heavy (non-hydrogen) atoms. The Balaban J connectivity index is 3.37. The Bertz CT molecular complexity index is 143. The van der Waals surface area contributed by atoms with Gasteiger partial charge < -0.3 is 16.6 Å². The van der Waals surface area contributed by atoms with E-state index in [2.05, 4.69) is 0 Å². The van der Waals surface area contributed by atoms with E-state index in [1.165, 1.54) is 0 Å². The van der Waals surface area contributed by atoms with Gasteiger partial charge in [0.2, 0.25) is 0 Å². The van der Waals surface area contributed by atoms with E-state index >= 15 is 0 Å². The molecule has 0 fully saturated rings. The minimum atomic E-state index is -0.977. The van der Waals surface area contributed by atoms with Crippen molar-refractivity contribution in [3.05, 3.63) is 0 Å². The van der Waals surface area contributed by atoms with Crippen LogP contribution in [-0.4, -0.2) is 23.2 Å². The molecule has 0 radical (unpaired) electrons. The molecule has 0 aliphatic carbocycles. The molecular formula is C7H16N2O2. The van der Waals surface area contributed by atoms with Gasteiger partial charge in [-0.25, -0.2) is 0 Å². The van der Waals surface area contributed by atoms with Crippen molar-refractivity contribution in [1.82, 2.24) is 0 Å². The monoisotopic (exact) mass is 161 g/mol. The van der Waals surface area contributed by atoms with Crippen molar-refractivity contribution in [3.63, 3.8) is 0 Å². The van der Waals surface area contributed by atoms with Gasteiger partial charge in [-0.3, -0.25) is 4.79 Å². The smallest absolute Gasteiger partial charge is 0.320 e. The molecule has 0 bridgehead atoms. The number of aliphatic carboxylic acids is 1. The van der Waals surface area contributed by atoms with Gasteiger partial charge >= 0.3 is 5.97 Å². The summed E-state index contributed by atoms with van der Waals surface area (Å²) >= 11 is 0. The fourth-order valence-electron chi connectivity index (χ4n) is 0.723. The number of rotatable bonds is 5. The number of carboxylic acids is 1. The Morgan fingerprint density at radius 2 is 2.27 bits per heavy atom. The van der Waals surface area contributed by atoms with Crippen LogP contribution in [0.4, 0.5) is 0 Å². The third-order valence-corrected chi connectivity index (χ3v) is 1.41. The average Bonchev–Trinajstić information content (AvgIpc) is 2.03. The zero-order valence-electron chi connectivity index (χ0n) is 7.49. The Morgan fingerprint density at radius 1 is 1.64 bits per heavy atom. The summed E-state index contributed by atoms with van der Waals surface area (Å²) in [7, 11) is 0. The average molecular weight is 161 g/mol. The third-order valence-electron chi connectivity index (χ3n) is 1.41. The highest BCUT2D eigenvalue weighted by Gasteiger charge is 2.10. The summed E-state index contributed by atoms with van der Waals surface area (Å²) in [6.45, 7) is 0.183. The van der Waals surface area contributed by atoms with Gasteiger partial charge in [-0.05, 0) is 26.2 Å². The van der Waals surface area contributed by atoms with Crippen LogP contribution in [0.5, 0.6) is 0 Å². The van der Waals surface area contributed by atoms with Gasteiger partial charge in [0.05, 0.1) is 0 Å². The van der Waals surface area contributed by atoms with Crippen LogP contribution in [0, 0.1) is 0 Å². The summed E-state index contributed by atoms with van der Waals surface area (Å²) in [5, 5.41) is 8.41. The van der Waals surface area contributed by atoms with Gasteiger partial charge in [0.1, 0.15) is 6.04 Å². The SMILES string of the molecule is [2H]CC(N)CCC[C@H](N)C(=O)O. The van der Waals surface area contributed by atoms with E-state index < -0.39 is 12.0 Å². The van der Waals surface area contributed by atoms with Crippen LogP contribution in [-0.2, 0) is 4.79 Å². The van der Waals surface area contributed by atoms with Gasteiger partial charge in [-0.1, -0.05) is 0 Å². The molecule has 0 saturated carbocycles. The Kier molecular flexibility index (Phi) is 3.93. The molecule has 66 valence electrons. The van der Waals surface area contributed by atoms with Gasteiger partial charge in [0, 0.05) is 7.41 Å². The first-order valence-corrected chi connectivity index (χ1v) is 3.61. The van der Waals surface area contributed by atoms with Crippen molar-refractivity contribution in [3.8, 4) is 0 Å². The standard InChI is InChI=1S/C7H16N2O2/c1-5(8)3-2-4-6(9)7(10)11/h5-6H,2-4,8-9H2,1H3,(H,10,11)/t5?,6-/m0/s1/i1D. The van der Waals surface area contributed by atoms with Crippen molar-refractivity contribution < 1.29 is 11.3 Å². The molecule has 4 heteroatoms. The van der Waals surface area contributed by atoms with E-state index in [-0.39, 0.29) is 12.9 Å². The van der Waals surface area contributed by atoms with Crippen LogP contribution in [0.3, 0.4) is 0 Å². The van der Waals surface area contributed by atoms with Crippen LogP contribution in [0.1, 0.15) is 27.5 Å². The molecule has 0 rings (SSSR count). The Labute approximate surface area is 68.0 Å². The van der Waals surface area contributed by atoms with Gasteiger partial charge in [0.15, 0.2) is 0 Å². The van der Waals surface area contributed by atoms with E-state index in [4.69, 9.17) is 17.9 Å². The zero-order chi connectivity index (χ0) is 9.56. The lowest BCUT2D eigenvalue weighted by Crippen LogP contribution is -2.30. The highest BCUT2D eigenvalue weighted by atomic mass is 16.4. The summed E-state index contributed by atoms with van der Waals surface area (Å²) in [5.41, 5.74) is 10.7. The van der Waals surface area contributed by atoms with Crippen LogP contribution in [0.25, 0.3) is 0 Å². The number of hydrogen-bond acceptors (Lipinski definition) is 3. The van der Waals surface area contributed by atoms with E-state index in [1.54, 1.807) is 0 Å². The predicted molar refractivity (Wildman–Crippen MR) is 43.1 cm³/mol. The summed E-state index contributed by atoms with van der Waals surface area (Å²) < 4.78 is 6.91. The molecule has 2 atom stereocenters. The predicted octanol–water partition coefficient (Wildman–Crippen LogP) is -0.0842. The number of carboxylic acid groups (broad SMARTS) is 1. The molecule has 0 aliphatic heterocycles. The molecule has 4 nitrogen and oxygen atoms in total. The molecule has 0 spiro atoms. The minimum Gasteiger partial charge on any atom is -0.480 e. The quantitative estimate of drug-likeness (QED) is 0.526. The van der Waals surface area contributed by atoms with E-state index in [0.717, 1.165) is 0 Å². The van der Waals surface area contributed by atoms with Crippen molar-refractivity contribution in [1.29, 1.82) is 0 Å². The van der Waals surface area contributed by atoms with Crippen LogP contribution < -0.4 is 11.5 Å². The van der Waals surface area contributed by atoms with Gasteiger partial charge in [-0.2, -0.15) is 0 Å². The molecule has 0 aromatic heterocycles. The molecule has 0 aromatic rings. The lowest BCUT2D eigenvalue weighted by molar-refractivity contribution is -0.138. The number of carbonyl (C=O) groups is 1. The first-order valence-electron chi connectivity index (χ1n) is 4.31. The Morgan fingerprint density at radius 3 is 2.73 bits per heavy atom. The first kappa shape index (κ1) is 8.49. The lowest BCUT2D eigenvalue weighted by atomic mass is 10.1. The Hall–Kier alpha value is -0.610. The molecule has 0 aliphatic rings. The highest BCUT2D eigenvalue weighted by molar-refractivity contribution is 5.72.